The molecule has 9 heteroatoms. The van der Waals surface area contributed by atoms with E-state index in [1.165, 1.54) is 0 Å². The van der Waals surface area contributed by atoms with Gasteiger partial charge < -0.3 is 26.0 Å². The van der Waals surface area contributed by atoms with Crippen molar-refractivity contribution in [3.05, 3.63) is 88.6 Å². The maximum atomic E-state index is 12.0. The van der Waals surface area contributed by atoms with Crippen LogP contribution in [0.3, 0.4) is 0 Å². The SMILES string of the molecule is COc1cc(-c2ccc(C)cc2)c(C=O)cc1NC1N=C(Nc2ccccc2C(N)=O)C(Cl)=CN1C. The van der Waals surface area contributed by atoms with E-state index in [1.54, 1.807) is 48.5 Å². The minimum atomic E-state index is -0.589. The number of carbonyl (C=O) groups excluding carboxylic acids is 2. The number of anilines is 2. The standard InChI is InChI=1S/C27H26ClN5O3/c1-16-8-10-17(11-9-16)20-13-24(36-3)23(12-18(20)15-34)31-27-32-26(21(28)14-33(27)2)30-22-7-5-4-6-19(22)25(29)35/h4-15,27,31H,1-3H3,(H2,29,35)(H,30,32). The van der Waals surface area contributed by atoms with Crippen molar-refractivity contribution in [2.45, 2.75) is 13.2 Å². The van der Waals surface area contributed by atoms with Crippen molar-refractivity contribution in [2.24, 2.45) is 10.7 Å². The molecule has 0 aliphatic carbocycles. The highest BCUT2D eigenvalue weighted by Crippen LogP contribution is 2.35. The lowest BCUT2D eigenvalue weighted by Crippen LogP contribution is -2.38. The van der Waals surface area contributed by atoms with E-state index in [0.29, 0.717) is 39.1 Å². The van der Waals surface area contributed by atoms with Crippen molar-refractivity contribution < 1.29 is 14.3 Å². The number of aldehydes is 1. The van der Waals surface area contributed by atoms with Crippen LogP contribution in [0.2, 0.25) is 0 Å². The minimum absolute atomic E-state index is 0.317. The number of methoxy groups -OCH3 is 1. The van der Waals surface area contributed by atoms with Crippen molar-refractivity contribution in [3.8, 4) is 16.9 Å². The molecule has 3 aromatic rings. The number of hydrogen-bond donors (Lipinski definition) is 3. The summed E-state index contributed by atoms with van der Waals surface area (Å²) in [5.74, 6) is 0.335. The predicted octanol–water partition coefficient (Wildman–Crippen LogP) is 4.81. The molecule has 4 N–H and O–H groups in total. The highest BCUT2D eigenvalue weighted by molar-refractivity contribution is 6.45. The number of nitrogens with one attached hydrogen (secondary N) is 2. The number of benzene rings is 3. The Hall–Kier alpha value is -4.30. The number of halogens is 1. The Bertz CT molecular complexity index is 1370. The fraction of sp³-hybridized carbons (Fsp3) is 0.148. The summed E-state index contributed by atoms with van der Waals surface area (Å²) in [7, 11) is 3.38. The highest BCUT2D eigenvalue weighted by atomic mass is 35.5. The smallest absolute Gasteiger partial charge is 0.250 e. The summed E-state index contributed by atoms with van der Waals surface area (Å²) in [4.78, 5) is 30.3. The van der Waals surface area contributed by atoms with Gasteiger partial charge in [0.15, 0.2) is 12.6 Å². The topological polar surface area (TPSA) is 109 Å². The van der Waals surface area contributed by atoms with Gasteiger partial charge in [0, 0.05) is 18.8 Å². The lowest BCUT2D eigenvalue weighted by Gasteiger charge is -2.31. The lowest BCUT2D eigenvalue weighted by atomic mass is 9.98. The average molecular weight is 504 g/mol. The fourth-order valence-electron chi connectivity index (χ4n) is 3.84. The molecule has 3 aromatic carbocycles. The van der Waals surface area contributed by atoms with Crippen molar-refractivity contribution in [3.63, 3.8) is 0 Å². The molecule has 4 rings (SSSR count). The van der Waals surface area contributed by atoms with Gasteiger partial charge in [0.2, 0.25) is 0 Å². The van der Waals surface area contributed by atoms with E-state index in [9.17, 15) is 9.59 Å². The molecule has 1 atom stereocenters. The van der Waals surface area contributed by atoms with Crippen LogP contribution in [0, 0.1) is 6.92 Å². The van der Waals surface area contributed by atoms with Gasteiger partial charge in [-0.15, -0.1) is 0 Å². The van der Waals surface area contributed by atoms with Crippen LogP contribution in [-0.4, -0.2) is 43.4 Å². The van der Waals surface area contributed by atoms with Crippen LogP contribution in [0.25, 0.3) is 11.1 Å². The maximum Gasteiger partial charge on any atom is 0.250 e. The number of hydrogen-bond acceptors (Lipinski definition) is 7. The predicted molar refractivity (Wildman–Crippen MR) is 144 cm³/mol. The molecular weight excluding hydrogens is 478 g/mol. The Balaban J connectivity index is 1.67. The molecule has 1 aliphatic heterocycles. The number of primary amides is 1. The van der Waals surface area contributed by atoms with Crippen LogP contribution >= 0.6 is 11.6 Å². The van der Waals surface area contributed by atoms with Gasteiger partial charge >= 0.3 is 0 Å². The number of rotatable bonds is 7. The second-order valence-corrected chi connectivity index (χ2v) is 8.70. The number of para-hydroxylation sites is 1. The zero-order valence-corrected chi connectivity index (χ0v) is 20.8. The summed E-state index contributed by atoms with van der Waals surface area (Å²) < 4.78 is 5.64. The summed E-state index contributed by atoms with van der Waals surface area (Å²) in [5, 5.41) is 6.76. The summed E-state index contributed by atoms with van der Waals surface area (Å²) in [6, 6.07) is 18.3. The number of ether oxygens (including phenoxy) is 1. The van der Waals surface area contributed by atoms with Gasteiger partial charge in [-0.2, -0.15) is 0 Å². The Morgan fingerprint density at radius 1 is 1.14 bits per heavy atom. The van der Waals surface area contributed by atoms with Gasteiger partial charge in [-0.1, -0.05) is 53.6 Å². The fourth-order valence-corrected chi connectivity index (χ4v) is 4.09. The third-order valence-corrected chi connectivity index (χ3v) is 6.05. The van der Waals surface area contributed by atoms with Gasteiger partial charge in [-0.25, -0.2) is 4.99 Å². The second kappa shape index (κ2) is 10.5. The second-order valence-electron chi connectivity index (χ2n) is 8.30. The number of aliphatic imine (C=N–C) groups is 1. The molecule has 1 heterocycles. The van der Waals surface area contributed by atoms with E-state index in [4.69, 9.17) is 22.1 Å². The molecule has 0 radical (unpaired) electrons. The van der Waals surface area contributed by atoms with Gasteiger partial charge in [-0.05, 0) is 42.3 Å². The number of carbonyl (C=O) groups is 2. The zero-order chi connectivity index (χ0) is 25.8. The van der Waals surface area contributed by atoms with Crippen LogP contribution in [0.15, 0.2) is 76.9 Å². The highest BCUT2D eigenvalue weighted by Gasteiger charge is 2.23. The molecule has 0 fully saturated rings. The molecule has 1 amide bonds. The Labute approximate surface area is 214 Å². The molecule has 0 saturated carbocycles. The van der Waals surface area contributed by atoms with Crippen molar-refractivity contribution in [1.29, 1.82) is 0 Å². The van der Waals surface area contributed by atoms with E-state index in [1.807, 2.05) is 44.3 Å². The Morgan fingerprint density at radius 3 is 2.53 bits per heavy atom. The number of aryl methyl sites for hydroxylation is 1. The van der Waals surface area contributed by atoms with Crippen molar-refractivity contribution in [1.82, 2.24) is 4.90 Å². The third kappa shape index (κ3) is 5.18. The molecule has 0 bridgehead atoms. The lowest BCUT2D eigenvalue weighted by molar-refractivity contribution is 0.100. The maximum absolute atomic E-state index is 12.0. The van der Waals surface area contributed by atoms with E-state index in [2.05, 4.69) is 15.6 Å². The summed E-state index contributed by atoms with van der Waals surface area (Å²) in [6.45, 7) is 2.01. The van der Waals surface area contributed by atoms with Crippen LogP contribution in [0.4, 0.5) is 11.4 Å². The van der Waals surface area contributed by atoms with Crippen LogP contribution in [0.5, 0.6) is 5.75 Å². The van der Waals surface area contributed by atoms with Crippen molar-refractivity contribution in [2.75, 3.05) is 24.8 Å². The van der Waals surface area contributed by atoms with Gasteiger partial charge in [0.1, 0.15) is 11.6 Å². The van der Waals surface area contributed by atoms with Crippen LogP contribution in [-0.2, 0) is 0 Å². The Morgan fingerprint density at radius 2 is 1.86 bits per heavy atom. The quantitative estimate of drug-likeness (QED) is 0.399. The molecule has 1 aliphatic rings. The molecular formula is C27H26ClN5O3. The number of amides is 1. The van der Waals surface area contributed by atoms with E-state index in [0.717, 1.165) is 23.0 Å². The molecule has 0 saturated heterocycles. The number of nitrogens with two attached hydrogens (primary N) is 1. The first kappa shape index (κ1) is 24.8. The third-order valence-electron chi connectivity index (χ3n) is 5.77. The molecule has 36 heavy (non-hydrogen) atoms. The average Bonchev–Trinajstić information content (AvgIpc) is 2.87. The summed E-state index contributed by atoms with van der Waals surface area (Å²) in [6.07, 6.45) is 1.93. The summed E-state index contributed by atoms with van der Waals surface area (Å²) in [5.41, 5.74) is 10.2. The van der Waals surface area contributed by atoms with E-state index in [-0.39, 0.29) is 0 Å². The van der Waals surface area contributed by atoms with Gasteiger partial charge in [-0.3, -0.25) is 9.59 Å². The molecule has 184 valence electrons. The molecule has 1 unspecified atom stereocenters. The summed E-state index contributed by atoms with van der Waals surface area (Å²) >= 11 is 6.44. The van der Waals surface area contributed by atoms with Gasteiger partial charge in [0.25, 0.3) is 5.91 Å². The Kier molecular flexibility index (Phi) is 7.26. The normalized spacial score (nSPS) is 15.0. The number of amidine groups is 1. The first-order chi connectivity index (χ1) is 17.3. The van der Waals surface area contributed by atoms with Crippen LogP contribution < -0.4 is 21.1 Å². The molecule has 0 aromatic heterocycles. The van der Waals surface area contributed by atoms with Crippen molar-refractivity contribution >= 4 is 41.0 Å². The zero-order valence-electron chi connectivity index (χ0n) is 20.1. The van der Waals surface area contributed by atoms with E-state index >= 15 is 0 Å². The minimum Gasteiger partial charge on any atom is -0.495 e. The van der Waals surface area contributed by atoms with Gasteiger partial charge in [0.05, 0.1) is 29.1 Å². The first-order valence-electron chi connectivity index (χ1n) is 11.1. The number of nitrogens with zero attached hydrogens (tertiary/aromatic N) is 2. The monoisotopic (exact) mass is 503 g/mol. The van der Waals surface area contributed by atoms with Crippen LogP contribution in [0.1, 0.15) is 26.3 Å². The van der Waals surface area contributed by atoms with E-state index < -0.39 is 12.2 Å². The first-order valence-corrected chi connectivity index (χ1v) is 11.5. The molecule has 8 nitrogen and oxygen atoms in total. The largest absolute Gasteiger partial charge is 0.495 e. The molecule has 0 spiro atoms.